The molecule has 24 heavy (non-hydrogen) atoms. The van der Waals surface area contributed by atoms with Crippen molar-refractivity contribution in [1.29, 1.82) is 0 Å². The van der Waals surface area contributed by atoms with Crippen LogP contribution in [-0.2, 0) is 9.47 Å². The van der Waals surface area contributed by atoms with Gasteiger partial charge in [-0.25, -0.2) is 9.48 Å². The smallest absolute Gasteiger partial charge is 0.362 e. The van der Waals surface area contributed by atoms with Crippen LogP contribution < -0.4 is 0 Å². The van der Waals surface area contributed by atoms with E-state index in [0.717, 1.165) is 5.56 Å². The molecular weight excluding hydrogens is 313 g/mol. The van der Waals surface area contributed by atoms with Gasteiger partial charge in [0.05, 0.1) is 19.3 Å². The van der Waals surface area contributed by atoms with Gasteiger partial charge in [-0.3, -0.25) is 0 Å². The summed E-state index contributed by atoms with van der Waals surface area (Å²) in [6, 6.07) is 9.00. The maximum atomic E-state index is 14.1. The zero-order valence-corrected chi connectivity index (χ0v) is 13.5. The van der Waals surface area contributed by atoms with Gasteiger partial charge in [0.2, 0.25) is 5.69 Å². The van der Waals surface area contributed by atoms with Crippen LogP contribution in [0.1, 0.15) is 35.9 Å². The number of benzene rings is 1. The number of hydrogen-bond acceptors (Lipinski definition) is 5. The summed E-state index contributed by atoms with van der Waals surface area (Å²) >= 11 is 0. The van der Waals surface area contributed by atoms with E-state index in [9.17, 15) is 9.18 Å². The quantitative estimate of drug-likeness (QED) is 0.622. The second-order valence-electron chi connectivity index (χ2n) is 5.71. The predicted octanol–water partition coefficient (Wildman–Crippen LogP) is 2.53. The van der Waals surface area contributed by atoms with Gasteiger partial charge in [0.15, 0.2) is 5.60 Å². The number of nitrogens with zero attached hydrogens (tertiary/aromatic N) is 3. The Kier molecular flexibility index (Phi) is 4.44. The maximum Gasteiger partial charge on any atom is 0.362 e. The van der Waals surface area contributed by atoms with Crippen LogP contribution in [-0.4, -0.2) is 39.8 Å². The van der Waals surface area contributed by atoms with Crippen molar-refractivity contribution in [1.82, 2.24) is 15.0 Å². The molecule has 1 atom stereocenters. The molecule has 2 heterocycles. The third-order valence-electron chi connectivity index (χ3n) is 3.95. The number of hydrogen-bond donors (Lipinski definition) is 0. The molecule has 1 aromatic heterocycles. The minimum Gasteiger partial charge on any atom is -0.445 e. The van der Waals surface area contributed by atoms with Crippen molar-refractivity contribution in [3.63, 3.8) is 0 Å². The lowest BCUT2D eigenvalue weighted by Crippen LogP contribution is -2.51. The predicted molar refractivity (Wildman–Crippen MR) is 84.0 cm³/mol. The Bertz CT molecular complexity index is 754. The minimum atomic E-state index is -0.946. The lowest BCUT2D eigenvalue weighted by Gasteiger charge is -2.37. The van der Waals surface area contributed by atoms with E-state index in [1.165, 1.54) is 4.68 Å². The monoisotopic (exact) mass is 331 g/mol. The third-order valence-corrected chi connectivity index (χ3v) is 3.95. The zero-order valence-electron chi connectivity index (χ0n) is 13.5. The minimum absolute atomic E-state index is 0.250. The molecule has 0 spiro atoms. The Morgan fingerprint density at radius 1 is 1.42 bits per heavy atom. The molecule has 0 radical (unpaired) electrons. The lowest BCUT2D eigenvalue weighted by molar-refractivity contribution is -0.152. The summed E-state index contributed by atoms with van der Waals surface area (Å²) in [5, 5.41) is 7.17. The Balaban J connectivity index is 1.89. The summed E-state index contributed by atoms with van der Waals surface area (Å²) in [5.74, 6) is -1.75. The molecule has 1 saturated heterocycles. The van der Waals surface area contributed by atoms with Crippen LogP contribution in [0.3, 0.4) is 0 Å². The molecular formula is C17H18FN3O3. The Morgan fingerprint density at radius 2 is 2.12 bits per heavy atom. The largest absolute Gasteiger partial charge is 0.445 e. The number of aromatic nitrogens is 3. The third kappa shape index (κ3) is 2.94. The Labute approximate surface area is 138 Å². The van der Waals surface area contributed by atoms with E-state index in [1.807, 2.05) is 44.2 Å². The molecule has 0 N–H and O–H groups in total. The molecule has 0 unspecified atom stereocenters. The van der Waals surface area contributed by atoms with Gasteiger partial charge < -0.3 is 9.47 Å². The first-order valence-corrected chi connectivity index (χ1v) is 7.67. The molecule has 0 amide bonds. The first kappa shape index (κ1) is 16.3. The van der Waals surface area contributed by atoms with E-state index in [-0.39, 0.29) is 24.9 Å². The van der Waals surface area contributed by atoms with Crippen molar-refractivity contribution in [2.75, 3.05) is 13.2 Å². The second kappa shape index (κ2) is 6.52. The van der Waals surface area contributed by atoms with Crippen LogP contribution in [0.15, 0.2) is 42.5 Å². The SMILES string of the molecule is C/C=C/C1(OC(=O)c2c(F)nnn2[C@H](C)c2ccccc2)COC1. The van der Waals surface area contributed by atoms with Crippen LogP contribution in [0.2, 0.25) is 0 Å². The van der Waals surface area contributed by atoms with E-state index < -0.39 is 17.5 Å². The van der Waals surface area contributed by atoms with Crippen molar-refractivity contribution in [2.45, 2.75) is 25.5 Å². The number of carbonyl (C=O) groups excluding carboxylic acids is 1. The van der Waals surface area contributed by atoms with Crippen molar-refractivity contribution in [3.05, 3.63) is 59.7 Å². The highest BCUT2D eigenvalue weighted by molar-refractivity contribution is 5.88. The normalized spacial score (nSPS) is 17.5. The number of halogens is 1. The molecule has 0 aliphatic carbocycles. The molecule has 2 aromatic rings. The summed E-state index contributed by atoms with van der Waals surface area (Å²) in [5.41, 5.74) is -0.252. The summed E-state index contributed by atoms with van der Waals surface area (Å²) in [4.78, 5) is 12.5. The molecule has 0 saturated carbocycles. The Morgan fingerprint density at radius 3 is 2.71 bits per heavy atom. The standard InChI is InChI=1S/C17H18FN3O3/c1-3-9-17(10-23-11-17)24-16(22)14-15(18)19-20-21(14)12(2)13-7-5-4-6-8-13/h3-9,12H,10-11H2,1-2H3/b9-3+/t12-/m1/s1. The van der Waals surface area contributed by atoms with Gasteiger partial charge in [0.1, 0.15) is 0 Å². The highest BCUT2D eigenvalue weighted by atomic mass is 19.1. The van der Waals surface area contributed by atoms with E-state index in [0.29, 0.717) is 0 Å². The number of esters is 1. The van der Waals surface area contributed by atoms with E-state index in [4.69, 9.17) is 9.47 Å². The fourth-order valence-electron chi connectivity index (χ4n) is 2.62. The van der Waals surface area contributed by atoms with Crippen molar-refractivity contribution in [3.8, 4) is 0 Å². The summed E-state index contributed by atoms with van der Waals surface area (Å²) in [6.07, 6.45) is 3.51. The van der Waals surface area contributed by atoms with Gasteiger partial charge in [0, 0.05) is 0 Å². The molecule has 1 aliphatic rings. The summed E-state index contributed by atoms with van der Waals surface area (Å²) < 4.78 is 25.9. The fraction of sp³-hybridized carbons (Fsp3) is 0.353. The van der Waals surface area contributed by atoms with Gasteiger partial charge >= 0.3 is 5.97 Å². The first-order chi connectivity index (χ1) is 11.6. The molecule has 1 aliphatic heterocycles. The Hall–Kier alpha value is -2.54. The van der Waals surface area contributed by atoms with Gasteiger partial charge in [-0.2, -0.15) is 4.39 Å². The maximum absolute atomic E-state index is 14.1. The first-order valence-electron chi connectivity index (χ1n) is 7.67. The highest BCUT2D eigenvalue weighted by Gasteiger charge is 2.42. The van der Waals surface area contributed by atoms with Gasteiger partial charge in [-0.05, 0) is 25.5 Å². The number of allylic oxidation sites excluding steroid dienone is 1. The van der Waals surface area contributed by atoms with E-state index in [1.54, 1.807) is 12.2 Å². The second-order valence-corrected chi connectivity index (χ2v) is 5.71. The van der Waals surface area contributed by atoms with Gasteiger partial charge in [-0.1, -0.05) is 46.7 Å². The molecule has 3 rings (SSSR count). The van der Waals surface area contributed by atoms with Crippen LogP contribution in [0.25, 0.3) is 0 Å². The van der Waals surface area contributed by atoms with Crippen LogP contribution in [0, 0.1) is 5.95 Å². The van der Waals surface area contributed by atoms with Gasteiger partial charge in [0.25, 0.3) is 5.95 Å². The van der Waals surface area contributed by atoms with Gasteiger partial charge in [-0.15, -0.1) is 0 Å². The van der Waals surface area contributed by atoms with Crippen molar-refractivity contribution < 1.29 is 18.7 Å². The summed E-state index contributed by atoms with van der Waals surface area (Å²) in [6.45, 7) is 4.13. The van der Waals surface area contributed by atoms with Crippen LogP contribution in [0.5, 0.6) is 0 Å². The number of carbonyl (C=O) groups is 1. The topological polar surface area (TPSA) is 66.2 Å². The van der Waals surface area contributed by atoms with Crippen molar-refractivity contribution >= 4 is 5.97 Å². The number of ether oxygens (including phenoxy) is 2. The molecule has 1 aromatic carbocycles. The average molecular weight is 331 g/mol. The van der Waals surface area contributed by atoms with E-state index >= 15 is 0 Å². The zero-order chi connectivity index (χ0) is 17.2. The van der Waals surface area contributed by atoms with Crippen LogP contribution in [0.4, 0.5) is 4.39 Å². The molecule has 1 fully saturated rings. The summed E-state index contributed by atoms with van der Waals surface area (Å²) in [7, 11) is 0. The van der Waals surface area contributed by atoms with Crippen molar-refractivity contribution in [2.24, 2.45) is 0 Å². The number of rotatable bonds is 5. The molecule has 7 heteroatoms. The molecule has 0 bridgehead atoms. The average Bonchev–Trinajstić information content (AvgIpc) is 2.94. The lowest BCUT2D eigenvalue weighted by atomic mass is 10.0. The van der Waals surface area contributed by atoms with Crippen LogP contribution >= 0.6 is 0 Å². The molecule has 126 valence electrons. The fourth-order valence-corrected chi connectivity index (χ4v) is 2.62. The highest BCUT2D eigenvalue weighted by Crippen LogP contribution is 2.27. The molecule has 6 nitrogen and oxygen atoms in total. The van der Waals surface area contributed by atoms with E-state index in [2.05, 4.69) is 10.3 Å².